The van der Waals surface area contributed by atoms with E-state index in [1.54, 1.807) is 0 Å². The Morgan fingerprint density at radius 3 is 1.40 bits per heavy atom. The highest BCUT2D eigenvalue weighted by atomic mass is 14.6. The van der Waals surface area contributed by atoms with Crippen molar-refractivity contribution in [2.75, 3.05) is 0 Å². The topological polar surface area (TPSA) is 0 Å². The lowest BCUT2D eigenvalue weighted by Gasteiger charge is -2.47. The molecule has 7 aromatic rings. The summed E-state index contributed by atoms with van der Waals surface area (Å²) in [7, 11) is 0. The van der Waals surface area contributed by atoms with Gasteiger partial charge in [0.05, 0.1) is 0 Å². The van der Waals surface area contributed by atoms with E-state index in [0.29, 0.717) is 5.92 Å². The van der Waals surface area contributed by atoms with E-state index in [1.165, 1.54) is 77.9 Å². The third-order valence-corrected chi connectivity index (χ3v) is 12.0. The highest BCUT2D eigenvalue weighted by Crippen LogP contribution is 2.64. The van der Waals surface area contributed by atoms with Gasteiger partial charge in [0.25, 0.3) is 0 Å². The van der Waals surface area contributed by atoms with Gasteiger partial charge < -0.3 is 0 Å². The molecule has 0 radical (unpaired) electrons. The van der Waals surface area contributed by atoms with Crippen molar-refractivity contribution in [3.63, 3.8) is 0 Å². The van der Waals surface area contributed by atoms with Gasteiger partial charge in [-0.2, -0.15) is 0 Å². The molecule has 0 heterocycles. The molecule has 7 aromatic carbocycles. The van der Waals surface area contributed by atoms with Crippen LogP contribution in [0.5, 0.6) is 0 Å². The third-order valence-electron chi connectivity index (χ3n) is 12.0. The second-order valence-corrected chi connectivity index (χ2v) is 15.6. The van der Waals surface area contributed by atoms with E-state index in [-0.39, 0.29) is 11.8 Å². The number of hydrogen-bond donors (Lipinski definition) is 0. The molecule has 0 fully saturated rings. The van der Waals surface area contributed by atoms with Gasteiger partial charge >= 0.3 is 0 Å². The van der Waals surface area contributed by atoms with Gasteiger partial charge in [-0.05, 0) is 98.0 Å². The van der Waals surface area contributed by atoms with Crippen molar-refractivity contribution in [3.05, 3.63) is 243 Å². The van der Waals surface area contributed by atoms with Crippen molar-refractivity contribution in [2.24, 2.45) is 0 Å². The van der Waals surface area contributed by atoms with Gasteiger partial charge in [0.2, 0.25) is 0 Å². The molecule has 1 unspecified atom stereocenters. The normalized spacial score (nSPS) is 14.9. The second kappa shape index (κ2) is 13.7. The lowest BCUT2D eigenvalue weighted by atomic mass is 9.54. The molecule has 0 spiro atoms. The molecule has 9 rings (SSSR count). The van der Waals surface area contributed by atoms with Gasteiger partial charge in [0, 0.05) is 17.3 Å². The molecule has 1 atom stereocenters. The van der Waals surface area contributed by atoms with Crippen molar-refractivity contribution < 1.29 is 0 Å². The molecule has 0 N–H and O–H groups in total. The molecule has 0 amide bonds. The number of allylic oxidation sites excluding steroid dienone is 1. The number of hydrogen-bond acceptors (Lipinski definition) is 0. The molecule has 0 saturated heterocycles. The van der Waals surface area contributed by atoms with Gasteiger partial charge in [-0.15, -0.1) is 0 Å². The lowest BCUT2D eigenvalue weighted by molar-refractivity contribution is 0.405. The molecule has 0 nitrogen and oxygen atoms in total. The fourth-order valence-corrected chi connectivity index (χ4v) is 9.67. The minimum Gasteiger partial charge on any atom is -0.0639 e. The van der Waals surface area contributed by atoms with Gasteiger partial charge in [-0.1, -0.05) is 201 Å². The fourth-order valence-electron chi connectivity index (χ4n) is 9.67. The first-order valence-electron chi connectivity index (χ1n) is 19.3. The van der Waals surface area contributed by atoms with Gasteiger partial charge in [-0.3, -0.25) is 0 Å². The Morgan fingerprint density at radius 2 is 0.925 bits per heavy atom. The zero-order valence-corrected chi connectivity index (χ0v) is 31.0. The molecule has 2 aliphatic rings. The molecule has 258 valence electrons. The SMILES string of the molecule is CC1=Cc2ccc(C(C)C)cc2C1C(c1ccccc1)(c1ccccc1)C1c2cc(Cc3ccccc3)ccc2-c2ccc(Cc3ccccc3)cc21. The van der Waals surface area contributed by atoms with Crippen LogP contribution in [-0.4, -0.2) is 0 Å². The van der Waals surface area contributed by atoms with E-state index in [9.17, 15) is 0 Å². The molecule has 0 aromatic heterocycles. The van der Waals surface area contributed by atoms with Crippen molar-refractivity contribution in [3.8, 4) is 11.1 Å². The summed E-state index contributed by atoms with van der Waals surface area (Å²) in [5.74, 6) is 0.629. The van der Waals surface area contributed by atoms with E-state index in [1.807, 2.05) is 0 Å². The molecule has 0 bridgehead atoms. The van der Waals surface area contributed by atoms with E-state index in [4.69, 9.17) is 0 Å². The van der Waals surface area contributed by atoms with E-state index >= 15 is 0 Å². The van der Waals surface area contributed by atoms with Crippen LogP contribution >= 0.6 is 0 Å². The van der Waals surface area contributed by atoms with Crippen molar-refractivity contribution >= 4 is 6.08 Å². The monoisotopic (exact) mass is 682 g/mol. The number of fused-ring (bicyclic) bond motifs is 4. The van der Waals surface area contributed by atoms with Crippen LogP contribution in [0.25, 0.3) is 17.2 Å². The van der Waals surface area contributed by atoms with Crippen LogP contribution in [-0.2, 0) is 18.3 Å². The van der Waals surface area contributed by atoms with Crippen molar-refractivity contribution in [1.29, 1.82) is 0 Å². The first-order valence-corrected chi connectivity index (χ1v) is 19.3. The maximum atomic E-state index is 2.56. The van der Waals surface area contributed by atoms with Crippen LogP contribution in [0.2, 0.25) is 0 Å². The summed E-state index contributed by atoms with van der Waals surface area (Å²) < 4.78 is 0. The minimum atomic E-state index is -0.444. The van der Waals surface area contributed by atoms with E-state index in [2.05, 4.69) is 203 Å². The van der Waals surface area contributed by atoms with Crippen molar-refractivity contribution in [2.45, 2.75) is 56.8 Å². The second-order valence-electron chi connectivity index (χ2n) is 15.6. The van der Waals surface area contributed by atoms with Gasteiger partial charge in [-0.25, -0.2) is 0 Å². The average molecular weight is 683 g/mol. The smallest absolute Gasteiger partial charge is 0.0418 e. The average Bonchev–Trinajstić information content (AvgIpc) is 3.70. The number of benzene rings is 7. The quantitative estimate of drug-likeness (QED) is 0.142. The van der Waals surface area contributed by atoms with Crippen LogP contribution < -0.4 is 0 Å². The van der Waals surface area contributed by atoms with Gasteiger partial charge in [0.1, 0.15) is 0 Å². The van der Waals surface area contributed by atoms with Crippen LogP contribution in [0.15, 0.2) is 181 Å². The highest BCUT2D eigenvalue weighted by molar-refractivity contribution is 5.83. The van der Waals surface area contributed by atoms with E-state index in [0.717, 1.165) is 12.8 Å². The molecule has 53 heavy (non-hydrogen) atoms. The lowest BCUT2D eigenvalue weighted by Crippen LogP contribution is -2.41. The summed E-state index contributed by atoms with van der Waals surface area (Å²) in [5.41, 5.74) is 18.9. The largest absolute Gasteiger partial charge is 0.0639 e. The highest BCUT2D eigenvalue weighted by Gasteiger charge is 2.54. The summed E-state index contributed by atoms with van der Waals surface area (Å²) in [6.45, 7) is 7.02. The molecule has 0 aliphatic heterocycles. The Kier molecular flexibility index (Phi) is 8.55. The molecular formula is C53H46. The molecule has 0 heteroatoms. The van der Waals surface area contributed by atoms with Crippen LogP contribution in [0.1, 0.15) is 99.7 Å². The molecule has 0 saturated carbocycles. The van der Waals surface area contributed by atoms with E-state index < -0.39 is 5.41 Å². The summed E-state index contributed by atoms with van der Waals surface area (Å²) in [6.07, 6.45) is 4.28. The number of rotatable bonds is 9. The Hall–Kier alpha value is -5.72. The zero-order chi connectivity index (χ0) is 35.9. The Morgan fingerprint density at radius 1 is 0.453 bits per heavy atom. The summed E-state index contributed by atoms with van der Waals surface area (Å²) in [6, 6.07) is 66.8. The standard InChI is InChI=1S/C53H46/c1-36(2)42-26-27-43-30-37(3)51(48(43)35-42)53(44-20-12-6-13-21-44,45-22-14-7-15-23-45)52-49-33-40(31-38-16-8-4-9-17-38)24-28-46(49)47-29-25-41(34-50(47)52)32-39-18-10-5-11-19-39/h4-30,33-36,51-52H,31-32H2,1-3H3. The maximum Gasteiger partial charge on any atom is 0.0418 e. The van der Waals surface area contributed by atoms with Crippen LogP contribution in [0.4, 0.5) is 0 Å². The van der Waals surface area contributed by atoms with Crippen LogP contribution in [0, 0.1) is 0 Å². The Balaban J connectivity index is 1.36. The Bertz CT molecular complexity index is 2290. The minimum absolute atomic E-state index is 0.0609. The fraction of sp³-hybridized carbons (Fsp3) is 0.170. The predicted molar refractivity (Wildman–Crippen MR) is 223 cm³/mol. The van der Waals surface area contributed by atoms with Crippen molar-refractivity contribution in [1.82, 2.24) is 0 Å². The third kappa shape index (κ3) is 5.78. The molecule has 2 aliphatic carbocycles. The summed E-state index contributed by atoms with van der Waals surface area (Å²) in [5, 5.41) is 0. The first-order chi connectivity index (χ1) is 26.0. The first kappa shape index (κ1) is 33.1. The predicted octanol–water partition coefficient (Wildman–Crippen LogP) is 13.3. The Labute approximate surface area is 315 Å². The summed E-state index contributed by atoms with van der Waals surface area (Å²) in [4.78, 5) is 0. The molecular weight excluding hydrogens is 637 g/mol. The van der Waals surface area contributed by atoms with Crippen LogP contribution in [0.3, 0.4) is 0 Å². The maximum absolute atomic E-state index is 2.56. The van der Waals surface area contributed by atoms with Gasteiger partial charge in [0.15, 0.2) is 0 Å². The summed E-state index contributed by atoms with van der Waals surface area (Å²) >= 11 is 0. The zero-order valence-electron chi connectivity index (χ0n) is 31.0.